The lowest BCUT2D eigenvalue weighted by molar-refractivity contribution is -0.138. The number of carboxylic acid groups (broad SMARTS) is 1. The third-order valence-corrected chi connectivity index (χ3v) is 4.95. The molecular weight excluding hydrogens is 308 g/mol. The lowest BCUT2D eigenvalue weighted by atomic mass is 10.1. The Labute approximate surface area is 130 Å². The van der Waals surface area contributed by atoms with E-state index in [1.807, 2.05) is 24.3 Å². The largest absolute Gasteiger partial charge is 0.481 e. The Hall–Kier alpha value is -1.60. The summed E-state index contributed by atoms with van der Waals surface area (Å²) in [5, 5.41) is 11.4. The fourth-order valence-electron chi connectivity index (χ4n) is 1.75. The summed E-state index contributed by atoms with van der Waals surface area (Å²) in [4.78, 5) is 26.7. The van der Waals surface area contributed by atoms with Crippen LogP contribution in [0.2, 0.25) is 0 Å². The van der Waals surface area contributed by atoms with Crippen molar-refractivity contribution in [1.29, 1.82) is 0 Å². The Kier molecular flexibility index (Phi) is 5.58. The zero-order chi connectivity index (χ0) is 15.2. The standard InChI is InChI=1S/C14H16N2O3S2/c1-9(6-13(18)19)7-15-12(17)8-20-14-16-10-4-2-3-5-11(10)21-14/h2-5,9H,6-8H2,1H3,(H,15,17)(H,18,19). The molecule has 112 valence electrons. The first-order valence-electron chi connectivity index (χ1n) is 6.51. The summed E-state index contributed by atoms with van der Waals surface area (Å²) in [5.74, 6) is -0.726. The van der Waals surface area contributed by atoms with Crippen LogP contribution in [0.1, 0.15) is 13.3 Å². The van der Waals surface area contributed by atoms with Crippen molar-refractivity contribution in [2.45, 2.75) is 17.7 Å². The number of hydrogen-bond donors (Lipinski definition) is 2. The van der Waals surface area contributed by atoms with E-state index >= 15 is 0 Å². The first-order valence-corrected chi connectivity index (χ1v) is 8.31. The summed E-state index contributed by atoms with van der Waals surface area (Å²) in [5.41, 5.74) is 0.945. The van der Waals surface area contributed by atoms with E-state index in [2.05, 4.69) is 10.3 Å². The van der Waals surface area contributed by atoms with Crippen LogP contribution in [0.5, 0.6) is 0 Å². The molecule has 5 nitrogen and oxygen atoms in total. The normalized spacial score (nSPS) is 12.2. The molecule has 2 N–H and O–H groups in total. The number of aromatic nitrogens is 1. The molecule has 1 amide bonds. The van der Waals surface area contributed by atoms with Gasteiger partial charge in [0.05, 0.1) is 16.0 Å². The second-order valence-corrected chi connectivity index (χ2v) is 7.00. The summed E-state index contributed by atoms with van der Waals surface area (Å²) < 4.78 is 1.97. The van der Waals surface area contributed by atoms with E-state index in [1.54, 1.807) is 18.3 Å². The number of hydrogen-bond acceptors (Lipinski definition) is 5. The number of nitrogens with one attached hydrogen (secondary N) is 1. The molecule has 0 spiro atoms. The highest BCUT2D eigenvalue weighted by Crippen LogP contribution is 2.28. The van der Waals surface area contributed by atoms with Gasteiger partial charge in [0.2, 0.25) is 5.91 Å². The zero-order valence-corrected chi connectivity index (χ0v) is 13.2. The molecular formula is C14H16N2O3S2. The van der Waals surface area contributed by atoms with E-state index in [-0.39, 0.29) is 18.2 Å². The number of benzene rings is 1. The predicted octanol–water partition coefficient (Wildman–Crippen LogP) is 2.62. The molecule has 0 aliphatic heterocycles. The molecule has 0 radical (unpaired) electrons. The molecule has 0 bridgehead atoms. The maximum Gasteiger partial charge on any atom is 0.303 e. The number of carboxylic acids is 1. The third-order valence-electron chi connectivity index (χ3n) is 2.77. The van der Waals surface area contributed by atoms with E-state index in [0.29, 0.717) is 12.3 Å². The number of carbonyl (C=O) groups excluding carboxylic acids is 1. The van der Waals surface area contributed by atoms with Gasteiger partial charge in [-0.2, -0.15) is 0 Å². The van der Waals surface area contributed by atoms with Crippen LogP contribution in [0.15, 0.2) is 28.6 Å². The van der Waals surface area contributed by atoms with E-state index in [9.17, 15) is 9.59 Å². The molecule has 1 atom stereocenters. The van der Waals surface area contributed by atoms with Crippen LogP contribution in [0, 0.1) is 5.92 Å². The molecule has 0 aliphatic carbocycles. The smallest absolute Gasteiger partial charge is 0.303 e. The van der Waals surface area contributed by atoms with Gasteiger partial charge in [-0.1, -0.05) is 30.8 Å². The molecule has 2 aromatic rings. The summed E-state index contributed by atoms with van der Waals surface area (Å²) in [6.45, 7) is 2.18. The summed E-state index contributed by atoms with van der Waals surface area (Å²) >= 11 is 2.97. The SMILES string of the molecule is CC(CNC(=O)CSc1nc2ccccc2s1)CC(=O)O. The van der Waals surface area contributed by atoms with E-state index in [0.717, 1.165) is 14.6 Å². The van der Waals surface area contributed by atoms with Gasteiger partial charge in [0.15, 0.2) is 4.34 Å². The average Bonchev–Trinajstić information content (AvgIpc) is 2.85. The zero-order valence-electron chi connectivity index (χ0n) is 11.5. The van der Waals surface area contributed by atoms with Gasteiger partial charge >= 0.3 is 5.97 Å². The minimum absolute atomic E-state index is 0.0608. The van der Waals surface area contributed by atoms with Gasteiger partial charge in [0.25, 0.3) is 0 Å². The summed E-state index contributed by atoms with van der Waals surface area (Å²) in [6, 6.07) is 7.85. The first-order chi connectivity index (χ1) is 10.0. The van der Waals surface area contributed by atoms with Gasteiger partial charge in [0, 0.05) is 13.0 Å². The van der Waals surface area contributed by atoms with Crippen LogP contribution in [0.4, 0.5) is 0 Å². The van der Waals surface area contributed by atoms with E-state index < -0.39 is 5.97 Å². The van der Waals surface area contributed by atoms with Crippen molar-refractivity contribution in [3.05, 3.63) is 24.3 Å². The summed E-state index contributed by atoms with van der Waals surface area (Å²) in [6.07, 6.45) is 0.0608. The van der Waals surface area contributed by atoms with Crippen molar-refractivity contribution < 1.29 is 14.7 Å². The lowest BCUT2D eigenvalue weighted by Crippen LogP contribution is -2.30. The quantitative estimate of drug-likeness (QED) is 0.765. The van der Waals surface area contributed by atoms with Crippen LogP contribution in [-0.4, -0.2) is 34.3 Å². The van der Waals surface area contributed by atoms with Crippen LogP contribution in [-0.2, 0) is 9.59 Å². The first kappa shape index (κ1) is 15.8. The number of thioether (sulfide) groups is 1. The van der Waals surface area contributed by atoms with Crippen LogP contribution < -0.4 is 5.32 Å². The molecule has 1 aromatic heterocycles. The molecule has 2 rings (SSSR count). The fourth-order valence-corrected chi connectivity index (χ4v) is 3.65. The van der Waals surface area contributed by atoms with Gasteiger partial charge in [-0.15, -0.1) is 11.3 Å². The number of nitrogens with zero attached hydrogens (tertiary/aromatic N) is 1. The number of para-hydroxylation sites is 1. The van der Waals surface area contributed by atoms with Crippen molar-refractivity contribution in [2.75, 3.05) is 12.3 Å². The molecule has 0 fully saturated rings. The Morgan fingerprint density at radius 3 is 2.90 bits per heavy atom. The van der Waals surface area contributed by atoms with Crippen LogP contribution in [0.25, 0.3) is 10.2 Å². The average molecular weight is 324 g/mol. The predicted molar refractivity (Wildman–Crippen MR) is 84.8 cm³/mol. The second kappa shape index (κ2) is 7.42. The van der Waals surface area contributed by atoms with Crippen molar-refractivity contribution in [2.24, 2.45) is 5.92 Å². The maximum absolute atomic E-state index is 11.7. The molecule has 1 unspecified atom stereocenters. The Morgan fingerprint density at radius 2 is 2.19 bits per heavy atom. The number of carbonyl (C=O) groups is 2. The van der Waals surface area contributed by atoms with Crippen molar-refractivity contribution in [1.82, 2.24) is 10.3 Å². The van der Waals surface area contributed by atoms with Crippen molar-refractivity contribution in [3.63, 3.8) is 0 Å². The number of rotatable bonds is 7. The lowest BCUT2D eigenvalue weighted by Gasteiger charge is -2.09. The number of thiazole rings is 1. The topological polar surface area (TPSA) is 79.3 Å². The monoisotopic (exact) mass is 324 g/mol. The fraction of sp³-hybridized carbons (Fsp3) is 0.357. The Balaban J connectivity index is 1.77. The van der Waals surface area contributed by atoms with E-state index in [1.165, 1.54) is 11.8 Å². The van der Waals surface area contributed by atoms with Crippen molar-refractivity contribution in [3.8, 4) is 0 Å². The van der Waals surface area contributed by atoms with Crippen LogP contribution in [0.3, 0.4) is 0 Å². The molecule has 0 saturated carbocycles. The number of aliphatic carboxylic acids is 1. The molecule has 0 saturated heterocycles. The molecule has 7 heteroatoms. The minimum Gasteiger partial charge on any atom is -0.481 e. The minimum atomic E-state index is -0.847. The maximum atomic E-state index is 11.7. The molecule has 1 aromatic carbocycles. The molecule has 0 aliphatic rings. The van der Waals surface area contributed by atoms with Gasteiger partial charge in [0.1, 0.15) is 0 Å². The van der Waals surface area contributed by atoms with Gasteiger partial charge in [-0.3, -0.25) is 9.59 Å². The Bertz CT molecular complexity index is 609. The third kappa shape index (κ3) is 5.02. The second-order valence-electron chi connectivity index (χ2n) is 4.74. The van der Waals surface area contributed by atoms with E-state index in [4.69, 9.17) is 5.11 Å². The van der Waals surface area contributed by atoms with Crippen LogP contribution >= 0.6 is 23.1 Å². The Morgan fingerprint density at radius 1 is 1.43 bits per heavy atom. The van der Waals surface area contributed by atoms with Gasteiger partial charge < -0.3 is 10.4 Å². The highest BCUT2D eigenvalue weighted by Gasteiger charge is 2.11. The highest BCUT2D eigenvalue weighted by atomic mass is 32.2. The van der Waals surface area contributed by atoms with Crippen molar-refractivity contribution >= 4 is 45.2 Å². The highest BCUT2D eigenvalue weighted by molar-refractivity contribution is 8.01. The molecule has 1 heterocycles. The molecule has 21 heavy (non-hydrogen) atoms. The number of fused-ring (bicyclic) bond motifs is 1. The summed E-state index contributed by atoms with van der Waals surface area (Å²) in [7, 11) is 0. The van der Waals surface area contributed by atoms with Gasteiger partial charge in [-0.05, 0) is 18.1 Å². The van der Waals surface area contributed by atoms with Gasteiger partial charge in [-0.25, -0.2) is 4.98 Å². The number of amides is 1.